The Labute approximate surface area is 109 Å². The van der Waals surface area contributed by atoms with Gasteiger partial charge >= 0.3 is 5.97 Å². The Morgan fingerprint density at radius 1 is 1.53 bits per heavy atom. The average molecular weight is 263 g/mol. The van der Waals surface area contributed by atoms with Crippen LogP contribution in [0, 0.1) is 12.7 Å². The summed E-state index contributed by atoms with van der Waals surface area (Å²) in [4.78, 5) is 15.5. The molecule has 0 atom stereocenters. The van der Waals surface area contributed by atoms with E-state index in [2.05, 4.69) is 4.98 Å². The van der Waals surface area contributed by atoms with E-state index < -0.39 is 5.97 Å². The van der Waals surface area contributed by atoms with Gasteiger partial charge in [0.05, 0.1) is 6.61 Å². The molecular formula is C13H14FN3O2. The van der Waals surface area contributed by atoms with Crippen LogP contribution >= 0.6 is 0 Å². The van der Waals surface area contributed by atoms with Crippen molar-refractivity contribution in [3.63, 3.8) is 0 Å². The molecule has 0 unspecified atom stereocenters. The number of esters is 1. The van der Waals surface area contributed by atoms with Crippen LogP contribution in [-0.2, 0) is 4.74 Å². The van der Waals surface area contributed by atoms with Gasteiger partial charge in [0.15, 0.2) is 5.69 Å². The number of rotatable bonds is 3. The van der Waals surface area contributed by atoms with Crippen LogP contribution in [0.4, 0.5) is 10.2 Å². The quantitative estimate of drug-likeness (QED) is 0.861. The first-order valence-corrected chi connectivity index (χ1v) is 5.81. The van der Waals surface area contributed by atoms with Gasteiger partial charge in [-0.25, -0.2) is 14.2 Å². The fourth-order valence-corrected chi connectivity index (χ4v) is 1.70. The third kappa shape index (κ3) is 2.42. The van der Waals surface area contributed by atoms with Crippen molar-refractivity contribution in [1.82, 2.24) is 9.55 Å². The Balaban J connectivity index is 2.41. The van der Waals surface area contributed by atoms with E-state index >= 15 is 0 Å². The molecule has 0 radical (unpaired) electrons. The second-order valence-corrected chi connectivity index (χ2v) is 4.00. The fraction of sp³-hybridized carbons (Fsp3) is 0.231. The summed E-state index contributed by atoms with van der Waals surface area (Å²) in [6, 6.07) is 4.53. The first-order chi connectivity index (χ1) is 9.04. The lowest BCUT2D eigenvalue weighted by molar-refractivity contribution is 0.0521. The number of nitrogen functional groups attached to an aromatic ring is 1. The van der Waals surface area contributed by atoms with E-state index in [1.54, 1.807) is 26.0 Å². The van der Waals surface area contributed by atoms with Crippen molar-refractivity contribution < 1.29 is 13.9 Å². The van der Waals surface area contributed by atoms with Gasteiger partial charge in [0.25, 0.3) is 0 Å². The Bertz CT molecular complexity index is 622. The van der Waals surface area contributed by atoms with Gasteiger partial charge in [-0.15, -0.1) is 0 Å². The number of aryl methyl sites for hydroxylation is 1. The highest BCUT2D eigenvalue weighted by Gasteiger charge is 2.17. The molecule has 0 bridgehead atoms. The number of halogens is 1. The standard InChI is InChI=1S/C13H14FN3O2/c1-3-19-13(18)11-12(15)17(7-16-11)9-4-5-10(14)8(2)6-9/h4-7H,3,15H2,1-2H3. The SMILES string of the molecule is CCOC(=O)c1ncn(-c2ccc(F)c(C)c2)c1N. The lowest BCUT2D eigenvalue weighted by atomic mass is 10.2. The summed E-state index contributed by atoms with van der Waals surface area (Å²) in [6.07, 6.45) is 1.41. The second-order valence-electron chi connectivity index (χ2n) is 4.00. The number of ether oxygens (including phenoxy) is 1. The summed E-state index contributed by atoms with van der Waals surface area (Å²) in [5, 5.41) is 0. The minimum absolute atomic E-state index is 0.0591. The summed E-state index contributed by atoms with van der Waals surface area (Å²) in [6.45, 7) is 3.60. The maximum atomic E-state index is 13.2. The molecule has 0 aliphatic rings. The van der Waals surface area contributed by atoms with E-state index in [9.17, 15) is 9.18 Å². The highest BCUT2D eigenvalue weighted by atomic mass is 19.1. The van der Waals surface area contributed by atoms with Gasteiger partial charge in [-0.3, -0.25) is 4.57 Å². The monoisotopic (exact) mass is 263 g/mol. The van der Waals surface area contributed by atoms with Gasteiger partial charge in [0.2, 0.25) is 0 Å². The van der Waals surface area contributed by atoms with Crippen molar-refractivity contribution in [2.75, 3.05) is 12.3 Å². The van der Waals surface area contributed by atoms with Crippen LogP contribution in [-0.4, -0.2) is 22.1 Å². The molecule has 2 rings (SSSR count). The predicted molar refractivity (Wildman–Crippen MR) is 68.6 cm³/mol. The molecule has 1 heterocycles. The lowest BCUT2D eigenvalue weighted by Gasteiger charge is -2.07. The van der Waals surface area contributed by atoms with E-state index in [4.69, 9.17) is 10.5 Å². The largest absolute Gasteiger partial charge is 0.461 e. The van der Waals surface area contributed by atoms with Crippen molar-refractivity contribution >= 4 is 11.8 Å². The van der Waals surface area contributed by atoms with E-state index in [1.807, 2.05) is 0 Å². The molecule has 1 aromatic carbocycles. The highest BCUT2D eigenvalue weighted by molar-refractivity contribution is 5.92. The Hall–Kier alpha value is -2.37. The molecule has 6 heteroatoms. The molecule has 0 spiro atoms. The van der Waals surface area contributed by atoms with Crippen molar-refractivity contribution in [2.24, 2.45) is 0 Å². The molecule has 0 fully saturated rings. The predicted octanol–water partition coefficient (Wildman–Crippen LogP) is 2.08. The lowest BCUT2D eigenvalue weighted by Crippen LogP contribution is -2.09. The number of hydrogen-bond donors (Lipinski definition) is 1. The van der Waals surface area contributed by atoms with Crippen LogP contribution in [0.5, 0.6) is 0 Å². The van der Waals surface area contributed by atoms with Crippen LogP contribution in [0.2, 0.25) is 0 Å². The molecule has 2 N–H and O–H groups in total. The summed E-state index contributed by atoms with van der Waals surface area (Å²) in [5.74, 6) is -0.699. The summed E-state index contributed by atoms with van der Waals surface area (Å²) < 4.78 is 19.6. The molecule has 0 saturated carbocycles. The molecule has 2 aromatic rings. The van der Waals surface area contributed by atoms with E-state index in [0.717, 1.165) is 0 Å². The van der Waals surface area contributed by atoms with Gasteiger partial charge in [-0.2, -0.15) is 0 Å². The van der Waals surface area contributed by atoms with Crippen LogP contribution < -0.4 is 5.73 Å². The maximum absolute atomic E-state index is 13.2. The zero-order chi connectivity index (χ0) is 14.0. The number of nitrogens with two attached hydrogens (primary N) is 1. The second kappa shape index (κ2) is 5.09. The Kier molecular flexibility index (Phi) is 3.50. The average Bonchev–Trinajstić information content (AvgIpc) is 2.75. The maximum Gasteiger partial charge on any atom is 0.360 e. The molecule has 19 heavy (non-hydrogen) atoms. The third-order valence-electron chi connectivity index (χ3n) is 2.69. The zero-order valence-corrected chi connectivity index (χ0v) is 10.7. The molecule has 1 aromatic heterocycles. The molecule has 0 aliphatic carbocycles. The molecule has 0 aliphatic heterocycles. The Morgan fingerprint density at radius 2 is 2.26 bits per heavy atom. The Morgan fingerprint density at radius 3 is 2.89 bits per heavy atom. The normalized spacial score (nSPS) is 10.5. The fourth-order valence-electron chi connectivity index (χ4n) is 1.70. The van der Waals surface area contributed by atoms with Crippen molar-refractivity contribution in [3.05, 3.63) is 41.6 Å². The number of carbonyl (C=O) groups excluding carboxylic acids is 1. The molecular weight excluding hydrogens is 249 g/mol. The van der Waals surface area contributed by atoms with Crippen molar-refractivity contribution in [3.8, 4) is 5.69 Å². The number of imidazole rings is 1. The summed E-state index contributed by atoms with van der Waals surface area (Å²) in [5.41, 5.74) is 7.05. The van der Waals surface area contributed by atoms with Gasteiger partial charge in [-0.05, 0) is 37.6 Å². The molecule has 100 valence electrons. The highest BCUT2D eigenvalue weighted by Crippen LogP contribution is 2.19. The van der Waals surface area contributed by atoms with E-state index in [-0.39, 0.29) is 23.9 Å². The minimum atomic E-state index is -0.572. The number of nitrogens with zero attached hydrogens (tertiary/aromatic N) is 2. The third-order valence-corrected chi connectivity index (χ3v) is 2.69. The first-order valence-electron chi connectivity index (χ1n) is 5.81. The minimum Gasteiger partial charge on any atom is -0.461 e. The number of aromatic nitrogens is 2. The van der Waals surface area contributed by atoms with Gasteiger partial charge in [-0.1, -0.05) is 0 Å². The van der Waals surface area contributed by atoms with Crippen molar-refractivity contribution in [2.45, 2.75) is 13.8 Å². The summed E-state index contributed by atoms with van der Waals surface area (Å²) in [7, 11) is 0. The topological polar surface area (TPSA) is 70.1 Å². The van der Waals surface area contributed by atoms with Crippen LogP contribution in [0.25, 0.3) is 5.69 Å². The number of hydrogen-bond acceptors (Lipinski definition) is 4. The zero-order valence-electron chi connectivity index (χ0n) is 10.7. The van der Waals surface area contributed by atoms with Gasteiger partial charge in [0.1, 0.15) is 18.0 Å². The summed E-state index contributed by atoms with van der Waals surface area (Å²) >= 11 is 0. The van der Waals surface area contributed by atoms with Crippen molar-refractivity contribution in [1.29, 1.82) is 0 Å². The van der Waals surface area contributed by atoms with Gasteiger partial charge < -0.3 is 10.5 Å². The molecule has 0 amide bonds. The number of anilines is 1. The van der Waals surface area contributed by atoms with Crippen LogP contribution in [0.3, 0.4) is 0 Å². The first kappa shape index (κ1) is 13.1. The van der Waals surface area contributed by atoms with E-state index in [0.29, 0.717) is 11.3 Å². The number of benzene rings is 1. The van der Waals surface area contributed by atoms with Gasteiger partial charge in [0, 0.05) is 5.69 Å². The van der Waals surface area contributed by atoms with Crippen LogP contribution in [0.1, 0.15) is 23.0 Å². The molecule has 0 saturated heterocycles. The smallest absolute Gasteiger partial charge is 0.360 e. The molecule has 5 nitrogen and oxygen atoms in total. The van der Waals surface area contributed by atoms with E-state index in [1.165, 1.54) is 17.0 Å². The van der Waals surface area contributed by atoms with Crippen LogP contribution in [0.15, 0.2) is 24.5 Å². The number of carbonyl (C=O) groups is 1.